The van der Waals surface area contributed by atoms with E-state index in [9.17, 15) is 0 Å². The van der Waals surface area contributed by atoms with Crippen molar-refractivity contribution < 1.29 is 0 Å². The molecule has 1 aliphatic rings. The van der Waals surface area contributed by atoms with Gasteiger partial charge in [0.25, 0.3) is 0 Å². The van der Waals surface area contributed by atoms with Crippen molar-refractivity contribution >= 4 is 40.3 Å². The maximum Gasteiger partial charge on any atom is 0.0588 e. The zero-order valence-electron chi connectivity index (χ0n) is 7.80. The van der Waals surface area contributed by atoms with Crippen molar-refractivity contribution in [2.75, 3.05) is 15.9 Å². The Morgan fingerprint density at radius 3 is 2.92 bits per heavy atom. The van der Waals surface area contributed by atoms with E-state index in [4.69, 9.17) is 0 Å². The first kappa shape index (κ1) is 9.65. The second-order valence-electron chi connectivity index (χ2n) is 3.32. The SMILES string of the molecule is Cc1cc2c(cc1N(C)I)CCS2. The van der Waals surface area contributed by atoms with Gasteiger partial charge in [0.1, 0.15) is 0 Å². The van der Waals surface area contributed by atoms with Crippen LogP contribution < -0.4 is 3.11 Å². The predicted molar refractivity (Wildman–Crippen MR) is 68.0 cm³/mol. The second-order valence-corrected chi connectivity index (χ2v) is 5.91. The number of nitrogens with zero attached hydrogens (tertiary/aromatic N) is 1. The lowest BCUT2D eigenvalue weighted by molar-refractivity contribution is 1.13. The summed E-state index contributed by atoms with van der Waals surface area (Å²) in [6.07, 6.45) is 1.23. The van der Waals surface area contributed by atoms with E-state index in [1.807, 2.05) is 11.8 Å². The molecule has 3 heteroatoms. The molecule has 0 aromatic heterocycles. The van der Waals surface area contributed by atoms with Crippen LogP contribution in [0.5, 0.6) is 0 Å². The fourth-order valence-corrected chi connectivity index (χ4v) is 3.31. The molecule has 0 spiro atoms. The number of halogens is 1. The Bertz CT molecular complexity index is 336. The third kappa shape index (κ3) is 1.81. The minimum absolute atomic E-state index is 1.23. The van der Waals surface area contributed by atoms with Crippen LogP contribution in [0.15, 0.2) is 17.0 Å². The highest BCUT2D eigenvalue weighted by Crippen LogP contribution is 2.36. The highest BCUT2D eigenvalue weighted by molar-refractivity contribution is 14.1. The highest BCUT2D eigenvalue weighted by atomic mass is 127. The quantitative estimate of drug-likeness (QED) is 0.578. The van der Waals surface area contributed by atoms with Gasteiger partial charge < -0.3 is 3.11 Å². The van der Waals surface area contributed by atoms with Crippen LogP contribution >= 0.6 is 34.6 Å². The molecule has 0 radical (unpaired) electrons. The van der Waals surface area contributed by atoms with Crippen molar-refractivity contribution in [3.63, 3.8) is 0 Å². The Kier molecular flexibility index (Phi) is 2.74. The molecule has 1 aliphatic heterocycles. The molecule has 0 unspecified atom stereocenters. The van der Waals surface area contributed by atoms with Gasteiger partial charge in [-0.05, 0) is 36.6 Å². The average Bonchev–Trinajstić information content (AvgIpc) is 2.48. The molecule has 0 aliphatic carbocycles. The molecular weight excluding hydrogens is 293 g/mol. The third-order valence-corrected chi connectivity index (χ3v) is 3.96. The van der Waals surface area contributed by atoms with Crippen LogP contribution in [0.4, 0.5) is 5.69 Å². The van der Waals surface area contributed by atoms with Gasteiger partial charge in [-0.25, -0.2) is 0 Å². The summed E-state index contributed by atoms with van der Waals surface area (Å²) in [6.45, 7) is 2.18. The van der Waals surface area contributed by atoms with Gasteiger partial charge in [0.15, 0.2) is 0 Å². The van der Waals surface area contributed by atoms with Crippen molar-refractivity contribution in [1.82, 2.24) is 0 Å². The van der Waals surface area contributed by atoms with Gasteiger partial charge in [0.05, 0.1) is 22.9 Å². The van der Waals surface area contributed by atoms with Crippen LogP contribution in [0.2, 0.25) is 0 Å². The van der Waals surface area contributed by atoms with E-state index in [2.05, 4.69) is 52.1 Å². The maximum absolute atomic E-state index is 2.33. The van der Waals surface area contributed by atoms with E-state index in [0.29, 0.717) is 0 Å². The number of hydrogen-bond acceptors (Lipinski definition) is 2. The number of aryl methyl sites for hydroxylation is 2. The first-order valence-corrected chi connectivity index (χ1v) is 6.29. The molecule has 0 saturated heterocycles. The zero-order chi connectivity index (χ0) is 9.42. The van der Waals surface area contributed by atoms with Crippen LogP contribution in [0.1, 0.15) is 11.1 Å². The van der Waals surface area contributed by atoms with Crippen molar-refractivity contribution in [3.05, 3.63) is 23.3 Å². The Morgan fingerprint density at radius 2 is 2.23 bits per heavy atom. The number of rotatable bonds is 1. The molecule has 13 heavy (non-hydrogen) atoms. The standard InChI is InChI=1S/C10H12INS/c1-7-5-10-8(3-4-13-10)6-9(7)12(2)11/h5-6H,3-4H2,1-2H3. The average molecular weight is 305 g/mol. The zero-order valence-corrected chi connectivity index (χ0v) is 10.8. The molecule has 2 rings (SSSR count). The summed E-state index contributed by atoms with van der Waals surface area (Å²) in [5.41, 5.74) is 4.25. The van der Waals surface area contributed by atoms with Gasteiger partial charge in [-0.15, -0.1) is 11.8 Å². The lowest BCUT2D eigenvalue weighted by Crippen LogP contribution is -2.02. The first-order valence-electron chi connectivity index (χ1n) is 4.34. The van der Waals surface area contributed by atoms with Crippen LogP contribution in [-0.4, -0.2) is 12.8 Å². The van der Waals surface area contributed by atoms with Crippen LogP contribution in [0, 0.1) is 6.92 Å². The van der Waals surface area contributed by atoms with Gasteiger partial charge in [-0.1, -0.05) is 0 Å². The lowest BCUT2D eigenvalue weighted by atomic mass is 10.1. The minimum Gasteiger partial charge on any atom is -0.318 e. The fraction of sp³-hybridized carbons (Fsp3) is 0.400. The van der Waals surface area contributed by atoms with Crippen molar-refractivity contribution in [2.45, 2.75) is 18.2 Å². The number of thioether (sulfide) groups is 1. The Morgan fingerprint density at radius 1 is 1.46 bits per heavy atom. The van der Waals surface area contributed by atoms with Crippen molar-refractivity contribution in [2.24, 2.45) is 0 Å². The summed E-state index contributed by atoms with van der Waals surface area (Å²) in [4.78, 5) is 1.49. The fourth-order valence-electron chi connectivity index (χ4n) is 1.65. The maximum atomic E-state index is 2.33. The molecule has 1 nitrogen and oxygen atoms in total. The summed E-state index contributed by atoms with van der Waals surface area (Å²) >= 11 is 4.31. The molecule has 0 bridgehead atoms. The second kappa shape index (κ2) is 3.69. The Balaban J connectivity index is 2.49. The molecular formula is C10H12INS. The van der Waals surface area contributed by atoms with Gasteiger partial charge in [-0.3, -0.25) is 0 Å². The number of benzene rings is 1. The monoisotopic (exact) mass is 305 g/mol. The Hall–Kier alpha value is 0.100. The van der Waals surface area contributed by atoms with E-state index in [-0.39, 0.29) is 0 Å². The van der Waals surface area contributed by atoms with Gasteiger partial charge in [-0.2, -0.15) is 0 Å². The van der Waals surface area contributed by atoms with E-state index in [1.165, 1.54) is 33.9 Å². The topological polar surface area (TPSA) is 3.24 Å². The molecule has 0 fully saturated rings. The highest BCUT2D eigenvalue weighted by Gasteiger charge is 2.14. The van der Waals surface area contributed by atoms with Crippen LogP contribution in [-0.2, 0) is 6.42 Å². The van der Waals surface area contributed by atoms with Crippen LogP contribution in [0.25, 0.3) is 0 Å². The van der Waals surface area contributed by atoms with Crippen molar-refractivity contribution in [1.29, 1.82) is 0 Å². The lowest BCUT2D eigenvalue weighted by Gasteiger charge is -2.14. The van der Waals surface area contributed by atoms with Gasteiger partial charge in [0, 0.05) is 23.4 Å². The van der Waals surface area contributed by atoms with E-state index >= 15 is 0 Å². The van der Waals surface area contributed by atoms with E-state index < -0.39 is 0 Å². The summed E-state index contributed by atoms with van der Waals surface area (Å²) in [7, 11) is 2.09. The van der Waals surface area contributed by atoms with Crippen LogP contribution in [0.3, 0.4) is 0 Å². The largest absolute Gasteiger partial charge is 0.318 e. The van der Waals surface area contributed by atoms with E-state index in [0.717, 1.165) is 0 Å². The molecule has 70 valence electrons. The molecule has 1 aromatic carbocycles. The summed E-state index contributed by atoms with van der Waals surface area (Å²) in [5.74, 6) is 1.25. The molecule has 0 saturated carbocycles. The van der Waals surface area contributed by atoms with Gasteiger partial charge >= 0.3 is 0 Å². The number of anilines is 1. The predicted octanol–water partition coefficient (Wildman–Crippen LogP) is 3.43. The normalized spacial score (nSPS) is 14.4. The molecule has 1 aromatic rings. The summed E-state index contributed by atoms with van der Waals surface area (Å²) in [5, 5.41) is 0. The Labute approximate surface area is 97.4 Å². The summed E-state index contributed by atoms with van der Waals surface area (Å²) < 4.78 is 2.16. The molecule has 0 amide bonds. The smallest absolute Gasteiger partial charge is 0.0588 e. The molecule has 0 N–H and O–H groups in total. The molecule has 1 heterocycles. The number of fused-ring (bicyclic) bond motifs is 1. The van der Waals surface area contributed by atoms with Crippen molar-refractivity contribution in [3.8, 4) is 0 Å². The van der Waals surface area contributed by atoms with Gasteiger partial charge in [0.2, 0.25) is 0 Å². The summed E-state index contributed by atoms with van der Waals surface area (Å²) in [6, 6.07) is 4.65. The third-order valence-electron chi connectivity index (χ3n) is 2.34. The molecule has 0 atom stereocenters. The van der Waals surface area contributed by atoms with E-state index in [1.54, 1.807) is 0 Å². The first-order chi connectivity index (χ1) is 6.18. The minimum atomic E-state index is 1.23. The number of hydrogen-bond donors (Lipinski definition) is 0.